The molecule has 132 valence electrons. The van der Waals surface area contributed by atoms with Gasteiger partial charge < -0.3 is 9.80 Å². The number of carbonyl (C=O) groups is 1. The van der Waals surface area contributed by atoms with Gasteiger partial charge in [-0.15, -0.1) is 0 Å². The van der Waals surface area contributed by atoms with E-state index in [9.17, 15) is 4.79 Å². The van der Waals surface area contributed by atoms with E-state index in [1.165, 1.54) is 12.8 Å². The Morgan fingerprint density at radius 3 is 2.64 bits per heavy atom. The molecule has 2 aliphatic heterocycles. The van der Waals surface area contributed by atoms with Crippen molar-refractivity contribution in [3.8, 4) is 5.69 Å². The summed E-state index contributed by atoms with van der Waals surface area (Å²) < 4.78 is 1.84. The van der Waals surface area contributed by atoms with Crippen LogP contribution in [-0.4, -0.2) is 57.7 Å². The highest BCUT2D eigenvalue weighted by Gasteiger charge is 2.38. The number of likely N-dealkylation sites (tertiary alicyclic amines) is 2. The minimum atomic E-state index is 0.246. The molecule has 0 spiro atoms. The minimum Gasteiger partial charge on any atom is -0.338 e. The van der Waals surface area contributed by atoms with Crippen LogP contribution >= 0.6 is 0 Å². The Morgan fingerprint density at radius 1 is 1.12 bits per heavy atom. The molecule has 1 aromatic carbocycles. The Kier molecular flexibility index (Phi) is 4.57. The smallest absolute Gasteiger partial charge is 0.227 e. The van der Waals surface area contributed by atoms with Crippen LogP contribution in [0.25, 0.3) is 5.69 Å². The van der Waals surface area contributed by atoms with Crippen molar-refractivity contribution in [2.45, 2.75) is 44.2 Å². The van der Waals surface area contributed by atoms with Crippen molar-refractivity contribution in [2.24, 2.45) is 0 Å². The second-order valence-corrected chi connectivity index (χ2v) is 7.29. The fourth-order valence-corrected chi connectivity index (χ4v) is 4.37. The Bertz CT molecular complexity index is 726. The summed E-state index contributed by atoms with van der Waals surface area (Å²) in [5, 5.41) is 4.41. The van der Waals surface area contributed by atoms with Crippen LogP contribution in [0.5, 0.6) is 0 Å². The third kappa shape index (κ3) is 3.33. The van der Waals surface area contributed by atoms with Gasteiger partial charge >= 0.3 is 0 Å². The van der Waals surface area contributed by atoms with Crippen molar-refractivity contribution in [2.75, 3.05) is 20.1 Å². The number of nitrogens with zero attached hydrogens (tertiary/aromatic N) is 4. The first-order valence-electron chi connectivity index (χ1n) is 9.31. The Labute approximate surface area is 149 Å². The standard InChI is InChI=1S/C20H26N4O/c1-22-11-5-9-18(22)19-10-6-12-23(19)20(25)13-16-14-21-24(15-16)17-7-3-2-4-8-17/h2-4,7-8,14-15,18-19H,5-6,9-13H2,1H3/t18-,19+/m0/s1. The van der Waals surface area contributed by atoms with Gasteiger partial charge in [0.05, 0.1) is 18.3 Å². The maximum atomic E-state index is 12.9. The molecule has 2 aromatic rings. The van der Waals surface area contributed by atoms with Crippen LogP contribution in [0.15, 0.2) is 42.7 Å². The third-order valence-corrected chi connectivity index (χ3v) is 5.65. The summed E-state index contributed by atoms with van der Waals surface area (Å²) in [5.41, 5.74) is 2.01. The van der Waals surface area contributed by atoms with E-state index in [0.29, 0.717) is 18.5 Å². The van der Waals surface area contributed by atoms with Crippen molar-refractivity contribution in [1.29, 1.82) is 0 Å². The summed E-state index contributed by atoms with van der Waals surface area (Å²) in [6.45, 7) is 2.06. The number of amides is 1. The number of benzene rings is 1. The number of hydrogen-bond donors (Lipinski definition) is 0. The molecule has 0 bridgehead atoms. The molecule has 2 atom stereocenters. The molecule has 5 heteroatoms. The monoisotopic (exact) mass is 338 g/mol. The van der Waals surface area contributed by atoms with Crippen LogP contribution in [0.1, 0.15) is 31.2 Å². The average Bonchev–Trinajstić information content (AvgIpc) is 3.35. The van der Waals surface area contributed by atoms with Crippen LogP contribution < -0.4 is 0 Å². The number of aromatic nitrogens is 2. The molecule has 0 saturated carbocycles. The van der Waals surface area contributed by atoms with Gasteiger partial charge in [-0.25, -0.2) is 4.68 Å². The first kappa shape index (κ1) is 16.3. The summed E-state index contributed by atoms with van der Waals surface area (Å²) in [5.74, 6) is 0.246. The fraction of sp³-hybridized carbons (Fsp3) is 0.500. The molecule has 5 nitrogen and oxygen atoms in total. The normalized spacial score (nSPS) is 24.1. The van der Waals surface area contributed by atoms with Gasteiger partial charge in [0.1, 0.15) is 0 Å². The van der Waals surface area contributed by atoms with Gasteiger partial charge in [0, 0.05) is 24.8 Å². The lowest BCUT2D eigenvalue weighted by Gasteiger charge is -2.33. The van der Waals surface area contributed by atoms with Gasteiger partial charge in [0.15, 0.2) is 0 Å². The first-order chi connectivity index (χ1) is 12.2. The lowest BCUT2D eigenvalue weighted by molar-refractivity contribution is -0.132. The van der Waals surface area contributed by atoms with E-state index in [-0.39, 0.29) is 5.91 Å². The Balaban J connectivity index is 1.44. The van der Waals surface area contributed by atoms with E-state index in [1.54, 1.807) is 0 Å². The average molecular weight is 338 g/mol. The molecule has 1 amide bonds. The van der Waals surface area contributed by atoms with E-state index in [2.05, 4.69) is 21.9 Å². The molecule has 2 fully saturated rings. The van der Waals surface area contributed by atoms with Crippen molar-refractivity contribution >= 4 is 5.91 Å². The van der Waals surface area contributed by atoms with E-state index < -0.39 is 0 Å². The molecule has 25 heavy (non-hydrogen) atoms. The van der Waals surface area contributed by atoms with Crippen LogP contribution in [0.2, 0.25) is 0 Å². The summed E-state index contributed by atoms with van der Waals surface area (Å²) >= 11 is 0. The van der Waals surface area contributed by atoms with Gasteiger partial charge in [-0.1, -0.05) is 18.2 Å². The zero-order valence-corrected chi connectivity index (χ0v) is 14.8. The zero-order valence-electron chi connectivity index (χ0n) is 14.8. The van der Waals surface area contributed by atoms with E-state index in [1.807, 2.05) is 47.4 Å². The largest absolute Gasteiger partial charge is 0.338 e. The zero-order chi connectivity index (χ0) is 17.2. The predicted octanol–water partition coefficient (Wildman–Crippen LogP) is 2.50. The SMILES string of the molecule is CN1CCC[C@H]1[C@H]1CCCN1C(=O)Cc1cnn(-c2ccccc2)c1. The quantitative estimate of drug-likeness (QED) is 0.860. The van der Waals surface area contributed by atoms with Gasteiger partial charge in [-0.2, -0.15) is 5.10 Å². The van der Waals surface area contributed by atoms with E-state index >= 15 is 0 Å². The van der Waals surface area contributed by atoms with Crippen LogP contribution in [0.4, 0.5) is 0 Å². The van der Waals surface area contributed by atoms with Crippen molar-refractivity contribution in [3.05, 3.63) is 48.3 Å². The maximum absolute atomic E-state index is 12.9. The number of hydrogen-bond acceptors (Lipinski definition) is 3. The van der Waals surface area contributed by atoms with Gasteiger partial charge in [-0.3, -0.25) is 4.79 Å². The molecule has 0 aliphatic carbocycles. The topological polar surface area (TPSA) is 41.4 Å². The molecule has 3 heterocycles. The fourth-order valence-electron chi connectivity index (χ4n) is 4.37. The van der Waals surface area contributed by atoms with Crippen LogP contribution in [0.3, 0.4) is 0 Å². The predicted molar refractivity (Wildman–Crippen MR) is 97.7 cm³/mol. The second kappa shape index (κ2) is 7.00. The second-order valence-electron chi connectivity index (χ2n) is 7.29. The highest BCUT2D eigenvalue weighted by molar-refractivity contribution is 5.79. The van der Waals surface area contributed by atoms with Crippen LogP contribution in [-0.2, 0) is 11.2 Å². The molecule has 0 N–H and O–H groups in total. The number of carbonyl (C=O) groups excluding carboxylic acids is 1. The van der Waals surface area contributed by atoms with E-state index in [4.69, 9.17) is 0 Å². The maximum Gasteiger partial charge on any atom is 0.227 e. The van der Waals surface area contributed by atoms with Gasteiger partial charge in [0.2, 0.25) is 5.91 Å². The third-order valence-electron chi connectivity index (χ3n) is 5.65. The first-order valence-corrected chi connectivity index (χ1v) is 9.31. The molecule has 0 unspecified atom stereocenters. The molecule has 2 aliphatic rings. The Morgan fingerprint density at radius 2 is 1.88 bits per heavy atom. The molecule has 2 saturated heterocycles. The Hall–Kier alpha value is -2.14. The molecular weight excluding hydrogens is 312 g/mol. The van der Waals surface area contributed by atoms with Crippen LogP contribution in [0, 0.1) is 0 Å². The van der Waals surface area contributed by atoms with Gasteiger partial charge in [0.25, 0.3) is 0 Å². The highest BCUT2D eigenvalue weighted by atomic mass is 16.2. The highest BCUT2D eigenvalue weighted by Crippen LogP contribution is 2.29. The lowest BCUT2D eigenvalue weighted by atomic mass is 10.0. The molecule has 1 aromatic heterocycles. The number of para-hydroxylation sites is 1. The lowest BCUT2D eigenvalue weighted by Crippen LogP contribution is -2.47. The summed E-state index contributed by atoms with van der Waals surface area (Å²) in [6, 6.07) is 11.0. The summed E-state index contributed by atoms with van der Waals surface area (Å²) in [7, 11) is 2.20. The summed E-state index contributed by atoms with van der Waals surface area (Å²) in [6.07, 6.45) is 8.98. The summed E-state index contributed by atoms with van der Waals surface area (Å²) in [4.78, 5) is 17.5. The van der Waals surface area contributed by atoms with Gasteiger partial charge in [-0.05, 0) is 57.0 Å². The molecular formula is C20H26N4O. The number of likely N-dealkylation sites (N-methyl/N-ethyl adjacent to an activating group) is 1. The minimum absolute atomic E-state index is 0.246. The van der Waals surface area contributed by atoms with Crippen molar-refractivity contribution < 1.29 is 4.79 Å². The van der Waals surface area contributed by atoms with E-state index in [0.717, 1.165) is 37.2 Å². The van der Waals surface area contributed by atoms with Crippen molar-refractivity contribution in [1.82, 2.24) is 19.6 Å². The van der Waals surface area contributed by atoms with Crippen molar-refractivity contribution in [3.63, 3.8) is 0 Å². The number of rotatable bonds is 4. The molecule has 4 rings (SSSR count). The molecule has 0 radical (unpaired) electrons.